The van der Waals surface area contributed by atoms with Crippen LogP contribution in [0.15, 0.2) is 30.3 Å². The third kappa shape index (κ3) is 3.80. The Bertz CT molecular complexity index is 654. The average molecular weight is 299 g/mol. The van der Waals surface area contributed by atoms with Crippen molar-refractivity contribution in [1.29, 1.82) is 5.26 Å². The van der Waals surface area contributed by atoms with E-state index in [9.17, 15) is 5.26 Å². The molecule has 0 radical (unpaired) electrons. The van der Waals surface area contributed by atoms with Gasteiger partial charge in [0.05, 0.1) is 18.8 Å². The minimum atomic E-state index is 0.404. The number of rotatable bonds is 7. The van der Waals surface area contributed by atoms with Gasteiger partial charge in [0.15, 0.2) is 0 Å². The monoisotopic (exact) mass is 299 g/mol. The number of nitrogen functional groups attached to an aromatic ring is 1. The summed E-state index contributed by atoms with van der Waals surface area (Å²) in [6, 6.07) is 12.0. The molecular weight excluding hydrogens is 278 g/mol. The predicted octanol–water partition coefficient (Wildman–Crippen LogP) is 2.71. The Balaban J connectivity index is 2.20. The van der Waals surface area contributed by atoms with E-state index in [-0.39, 0.29) is 0 Å². The van der Waals surface area contributed by atoms with Crippen LogP contribution in [0.1, 0.15) is 23.7 Å². The molecule has 1 aromatic heterocycles. The van der Waals surface area contributed by atoms with Crippen molar-refractivity contribution < 1.29 is 9.47 Å². The van der Waals surface area contributed by atoms with E-state index in [1.165, 1.54) is 5.56 Å². The molecular formula is C17H21N3O2. The fraction of sp³-hybridized carbons (Fsp3) is 0.353. The van der Waals surface area contributed by atoms with Crippen LogP contribution < -0.4 is 10.5 Å². The van der Waals surface area contributed by atoms with Gasteiger partial charge in [0.2, 0.25) is 5.88 Å². The third-order valence-electron chi connectivity index (χ3n) is 3.32. The molecule has 0 aliphatic rings. The minimum Gasteiger partial charge on any atom is -0.475 e. The van der Waals surface area contributed by atoms with E-state index in [4.69, 9.17) is 15.2 Å². The molecule has 0 atom stereocenters. The van der Waals surface area contributed by atoms with Gasteiger partial charge in [0, 0.05) is 12.7 Å². The average Bonchev–Trinajstić information content (AvgIpc) is 2.82. The topological polar surface area (TPSA) is 73.2 Å². The van der Waals surface area contributed by atoms with Gasteiger partial charge in [-0.3, -0.25) is 4.57 Å². The summed E-state index contributed by atoms with van der Waals surface area (Å²) in [5, 5.41) is 9.28. The second-order valence-corrected chi connectivity index (χ2v) is 5.02. The van der Waals surface area contributed by atoms with Gasteiger partial charge in [-0.05, 0) is 19.4 Å². The molecule has 0 aliphatic carbocycles. The Kier molecular flexibility index (Phi) is 5.45. The first kappa shape index (κ1) is 15.9. The molecule has 116 valence electrons. The smallest absolute Gasteiger partial charge is 0.218 e. The maximum Gasteiger partial charge on any atom is 0.218 e. The molecule has 0 spiro atoms. The molecule has 5 heteroatoms. The number of ether oxygens (including phenoxy) is 2. The molecule has 1 aromatic carbocycles. The summed E-state index contributed by atoms with van der Waals surface area (Å²) in [5.41, 5.74) is 9.22. The summed E-state index contributed by atoms with van der Waals surface area (Å²) < 4.78 is 12.8. The maximum absolute atomic E-state index is 9.28. The van der Waals surface area contributed by atoms with Gasteiger partial charge in [0.1, 0.15) is 18.4 Å². The summed E-state index contributed by atoms with van der Waals surface area (Å²) >= 11 is 0. The Morgan fingerprint density at radius 1 is 1.23 bits per heavy atom. The highest BCUT2D eigenvalue weighted by atomic mass is 16.5. The second kappa shape index (κ2) is 7.53. The van der Waals surface area contributed by atoms with Crippen LogP contribution in [-0.4, -0.2) is 24.4 Å². The standard InChI is InChI=1S/C17H21N3O2/c1-3-21-8-9-22-17-16(19)10-15(11-18)20(17)12-14-6-4-13(2)5-7-14/h4-7,10H,3,8-9,12,19H2,1-2H3. The Labute approximate surface area is 130 Å². The van der Waals surface area contributed by atoms with E-state index < -0.39 is 0 Å². The van der Waals surface area contributed by atoms with Crippen molar-refractivity contribution in [3.63, 3.8) is 0 Å². The van der Waals surface area contributed by atoms with Crippen molar-refractivity contribution in [1.82, 2.24) is 4.57 Å². The van der Waals surface area contributed by atoms with Crippen molar-refractivity contribution in [3.05, 3.63) is 47.2 Å². The summed E-state index contributed by atoms with van der Waals surface area (Å²) in [7, 11) is 0. The summed E-state index contributed by atoms with van der Waals surface area (Å²) in [4.78, 5) is 0. The van der Waals surface area contributed by atoms with E-state index >= 15 is 0 Å². The molecule has 0 fully saturated rings. The third-order valence-corrected chi connectivity index (χ3v) is 3.32. The van der Waals surface area contributed by atoms with Gasteiger partial charge in [-0.15, -0.1) is 0 Å². The second-order valence-electron chi connectivity index (χ2n) is 5.02. The number of benzene rings is 1. The first-order chi connectivity index (χ1) is 10.7. The molecule has 22 heavy (non-hydrogen) atoms. The lowest BCUT2D eigenvalue weighted by molar-refractivity contribution is 0.107. The molecule has 2 N–H and O–H groups in total. The van der Waals surface area contributed by atoms with E-state index in [1.54, 1.807) is 10.6 Å². The van der Waals surface area contributed by atoms with E-state index in [2.05, 4.69) is 6.07 Å². The van der Waals surface area contributed by atoms with Gasteiger partial charge < -0.3 is 15.2 Å². The van der Waals surface area contributed by atoms with Crippen molar-refractivity contribution in [2.24, 2.45) is 0 Å². The molecule has 2 rings (SSSR count). The zero-order chi connectivity index (χ0) is 15.9. The number of nitrogens with two attached hydrogens (primary N) is 1. The van der Waals surface area contributed by atoms with Crippen molar-refractivity contribution in [2.75, 3.05) is 25.6 Å². The molecule has 0 saturated heterocycles. The highest BCUT2D eigenvalue weighted by molar-refractivity contribution is 5.55. The number of hydrogen-bond acceptors (Lipinski definition) is 4. The molecule has 0 saturated carbocycles. The fourth-order valence-electron chi connectivity index (χ4n) is 2.18. The predicted molar refractivity (Wildman–Crippen MR) is 85.8 cm³/mol. The largest absolute Gasteiger partial charge is 0.475 e. The quantitative estimate of drug-likeness (QED) is 0.798. The van der Waals surface area contributed by atoms with Crippen LogP contribution >= 0.6 is 0 Å². The van der Waals surface area contributed by atoms with Crippen LogP contribution in [0.3, 0.4) is 0 Å². The van der Waals surface area contributed by atoms with Crippen LogP contribution in [0, 0.1) is 18.3 Å². The van der Waals surface area contributed by atoms with Crippen molar-refractivity contribution in [2.45, 2.75) is 20.4 Å². The number of nitrogens with zero attached hydrogens (tertiary/aromatic N) is 2. The summed E-state index contributed by atoms with van der Waals surface area (Å²) in [6.45, 7) is 6.06. The lowest BCUT2D eigenvalue weighted by Gasteiger charge is -2.13. The molecule has 0 bridgehead atoms. The number of anilines is 1. The van der Waals surface area contributed by atoms with Gasteiger partial charge in [-0.2, -0.15) is 5.26 Å². The Morgan fingerprint density at radius 2 is 1.95 bits per heavy atom. The van der Waals surface area contributed by atoms with Crippen LogP contribution in [0.25, 0.3) is 0 Å². The normalized spacial score (nSPS) is 10.4. The van der Waals surface area contributed by atoms with Gasteiger partial charge in [-0.1, -0.05) is 29.8 Å². The lowest BCUT2D eigenvalue weighted by atomic mass is 10.1. The van der Waals surface area contributed by atoms with Crippen LogP contribution in [0.4, 0.5) is 5.69 Å². The highest BCUT2D eigenvalue weighted by Crippen LogP contribution is 2.27. The highest BCUT2D eigenvalue weighted by Gasteiger charge is 2.15. The van der Waals surface area contributed by atoms with Gasteiger partial charge in [-0.25, -0.2) is 0 Å². The van der Waals surface area contributed by atoms with Crippen molar-refractivity contribution in [3.8, 4) is 11.9 Å². The first-order valence-electron chi connectivity index (χ1n) is 7.31. The SMILES string of the molecule is CCOCCOc1c(N)cc(C#N)n1Cc1ccc(C)cc1. The lowest BCUT2D eigenvalue weighted by Crippen LogP contribution is -2.12. The van der Waals surface area contributed by atoms with Crippen LogP contribution in [0.2, 0.25) is 0 Å². The number of nitriles is 1. The fourth-order valence-corrected chi connectivity index (χ4v) is 2.18. The Morgan fingerprint density at radius 3 is 2.59 bits per heavy atom. The van der Waals surface area contributed by atoms with E-state index in [1.807, 2.05) is 38.1 Å². The maximum atomic E-state index is 9.28. The van der Waals surface area contributed by atoms with Crippen molar-refractivity contribution >= 4 is 5.69 Å². The molecule has 0 unspecified atom stereocenters. The molecule has 2 aromatic rings. The Hall–Kier alpha value is -2.45. The van der Waals surface area contributed by atoms with Gasteiger partial charge >= 0.3 is 0 Å². The molecule has 1 heterocycles. The number of aryl methyl sites for hydroxylation is 1. The zero-order valence-electron chi connectivity index (χ0n) is 13.0. The van der Waals surface area contributed by atoms with E-state index in [0.29, 0.717) is 43.6 Å². The van der Waals surface area contributed by atoms with E-state index in [0.717, 1.165) is 5.56 Å². The van der Waals surface area contributed by atoms with Crippen LogP contribution in [0.5, 0.6) is 5.88 Å². The molecule has 0 amide bonds. The van der Waals surface area contributed by atoms with Crippen LogP contribution in [-0.2, 0) is 11.3 Å². The number of hydrogen-bond donors (Lipinski definition) is 1. The summed E-state index contributed by atoms with van der Waals surface area (Å²) in [5.74, 6) is 0.525. The number of aromatic nitrogens is 1. The molecule has 5 nitrogen and oxygen atoms in total. The minimum absolute atomic E-state index is 0.404. The molecule has 0 aliphatic heterocycles. The zero-order valence-corrected chi connectivity index (χ0v) is 13.0. The van der Waals surface area contributed by atoms with Gasteiger partial charge in [0.25, 0.3) is 0 Å². The summed E-state index contributed by atoms with van der Waals surface area (Å²) in [6.07, 6.45) is 0. The first-order valence-corrected chi connectivity index (χ1v) is 7.31.